The number of aromatic nitrogens is 2. The van der Waals surface area contributed by atoms with Gasteiger partial charge in [0.15, 0.2) is 0 Å². The molecule has 0 amide bonds. The van der Waals surface area contributed by atoms with Gasteiger partial charge in [-0.1, -0.05) is 84.9 Å². The van der Waals surface area contributed by atoms with Crippen molar-refractivity contribution < 1.29 is 13.3 Å². The van der Waals surface area contributed by atoms with Crippen molar-refractivity contribution in [1.29, 1.82) is 10.5 Å². The molecule has 0 atom stereocenters. The Bertz CT molecular complexity index is 4420. The van der Waals surface area contributed by atoms with Crippen LogP contribution in [-0.2, 0) is 0 Å². The molecule has 0 saturated carbocycles. The minimum atomic E-state index is 0.364. The van der Waals surface area contributed by atoms with E-state index in [4.69, 9.17) is 13.3 Å². The average molecular weight is 805 g/mol. The standard InChI is InChI=1S/C56H28N4O3/c57-29-31-25-34(30-58)54(47(26-31)59-43-13-5-1-12-41(43)52-45(59)23-20-39-36-10-3-7-15-49(36)62-55(39)52)60-44-22-18-32(33-17-19-38-35-9-2-6-14-48(35)61-51(38)28-33)27-42(44)53-46(60)24-21-40-37-11-4-8-16-50(37)63-56(40)53/h1-28H. The highest BCUT2D eigenvalue weighted by Crippen LogP contribution is 2.46. The van der Waals surface area contributed by atoms with Crippen LogP contribution in [0.1, 0.15) is 11.1 Å². The third-order valence-corrected chi connectivity index (χ3v) is 13.0. The van der Waals surface area contributed by atoms with E-state index in [0.717, 1.165) is 121 Å². The highest BCUT2D eigenvalue weighted by atomic mass is 16.3. The highest BCUT2D eigenvalue weighted by Gasteiger charge is 2.27. The van der Waals surface area contributed by atoms with Crippen molar-refractivity contribution in [2.45, 2.75) is 0 Å². The van der Waals surface area contributed by atoms with Crippen molar-refractivity contribution >= 4 is 109 Å². The first-order valence-electron chi connectivity index (χ1n) is 20.8. The van der Waals surface area contributed by atoms with E-state index in [1.807, 2.05) is 72.8 Å². The van der Waals surface area contributed by atoms with Crippen LogP contribution < -0.4 is 0 Å². The largest absolute Gasteiger partial charge is 0.456 e. The summed E-state index contributed by atoms with van der Waals surface area (Å²) in [5.74, 6) is 0. The summed E-state index contributed by atoms with van der Waals surface area (Å²) in [6.07, 6.45) is 0. The van der Waals surface area contributed by atoms with Gasteiger partial charge in [0.1, 0.15) is 39.6 Å². The quantitative estimate of drug-likeness (QED) is 0.177. The molecule has 7 nitrogen and oxygen atoms in total. The molecule has 7 heteroatoms. The van der Waals surface area contributed by atoms with Gasteiger partial charge in [-0.05, 0) is 96.1 Å². The molecular formula is C56H28N4O3. The van der Waals surface area contributed by atoms with Gasteiger partial charge in [0, 0.05) is 43.1 Å². The maximum absolute atomic E-state index is 11.1. The first kappa shape index (κ1) is 33.8. The summed E-state index contributed by atoms with van der Waals surface area (Å²) in [7, 11) is 0. The van der Waals surface area contributed by atoms with E-state index in [-0.39, 0.29) is 0 Å². The van der Waals surface area contributed by atoms with Gasteiger partial charge in [-0.25, -0.2) is 0 Å². The predicted molar refractivity (Wildman–Crippen MR) is 252 cm³/mol. The maximum Gasteiger partial charge on any atom is 0.145 e. The lowest BCUT2D eigenvalue weighted by atomic mass is 10.0. The van der Waals surface area contributed by atoms with Crippen LogP contribution in [-0.4, -0.2) is 9.13 Å². The van der Waals surface area contributed by atoms with Gasteiger partial charge >= 0.3 is 0 Å². The van der Waals surface area contributed by atoms with Gasteiger partial charge in [0.05, 0.1) is 61.4 Å². The van der Waals surface area contributed by atoms with E-state index in [1.165, 1.54) is 0 Å². The first-order chi connectivity index (χ1) is 31.1. The van der Waals surface area contributed by atoms with Crippen LogP contribution in [0.4, 0.5) is 0 Å². The smallest absolute Gasteiger partial charge is 0.145 e. The lowest BCUT2D eigenvalue weighted by molar-refractivity contribution is 0.669. The fraction of sp³-hybridized carbons (Fsp3) is 0. The molecule has 0 N–H and O–H groups in total. The van der Waals surface area contributed by atoms with Crippen molar-refractivity contribution in [2.24, 2.45) is 0 Å². The average Bonchev–Trinajstić information content (AvgIpc) is 4.14. The number of nitriles is 2. The minimum Gasteiger partial charge on any atom is -0.456 e. The molecule has 14 rings (SSSR count). The molecule has 0 aliphatic heterocycles. The van der Waals surface area contributed by atoms with E-state index in [2.05, 4.69) is 112 Å². The fourth-order valence-electron chi connectivity index (χ4n) is 10.3. The second kappa shape index (κ2) is 12.3. The monoisotopic (exact) mass is 804 g/mol. The minimum absolute atomic E-state index is 0.364. The number of fused-ring (bicyclic) bond motifs is 17. The van der Waals surface area contributed by atoms with E-state index in [1.54, 1.807) is 6.07 Å². The number of benzene rings is 9. The number of hydrogen-bond donors (Lipinski definition) is 0. The summed E-state index contributed by atoms with van der Waals surface area (Å²) in [5, 5.41) is 31.7. The van der Waals surface area contributed by atoms with Gasteiger partial charge in [-0.2, -0.15) is 10.5 Å². The Morgan fingerprint density at radius 2 is 0.873 bits per heavy atom. The summed E-state index contributed by atoms with van der Waals surface area (Å²) in [6, 6.07) is 62.4. The summed E-state index contributed by atoms with van der Waals surface area (Å²) >= 11 is 0. The van der Waals surface area contributed by atoms with Gasteiger partial charge in [-0.15, -0.1) is 0 Å². The molecule has 5 heterocycles. The van der Waals surface area contributed by atoms with Crippen LogP contribution in [0, 0.1) is 22.7 Å². The Morgan fingerprint density at radius 3 is 1.56 bits per heavy atom. The van der Waals surface area contributed by atoms with Gasteiger partial charge in [0.2, 0.25) is 0 Å². The Labute approximate surface area is 356 Å². The highest BCUT2D eigenvalue weighted by molar-refractivity contribution is 6.26. The lowest BCUT2D eigenvalue weighted by Crippen LogP contribution is -2.07. The molecule has 0 fully saturated rings. The lowest BCUT2D eigenvalue weighted by Gasteiger charge is -2.18. The van der Waals surface area contributed by atoms with E-state index in [9.17, 15) is 10.5 Å². The molecule has 0 bridgehead atoms. The van der Waals surface area contributed by atoms with E-state index < -0.39 is 0 Å². The third kappa shape index (κ3) is 4.49. The number of furan rings is 3. The zero-order chi connectivity index (χ0) is 41.5. The third-order valence-electron chi connectivity index (χ3n) is 13.0. The molecule has 9 aromatic carbocycles. The molecule has 0 aliphatic rings. The van der Waals surface area contributed by atoms with Crippen LogP contribution in [0.5, 0.6) is 0 Å². The fourth-order valence-corrected chi connectivity index (χ4v) is 10.3. The molecule has 14 aromatic rings. The van der Waals surface area contributed by atoms with Crippen LogP contribution in [0.25, 0.3) is 132 Å². The normalized spacial score (nSPS) is 12.1. The van der Waals surface area contributed by atoms with Crippen LogP contribution in [0.3, 0.4) is 0 Å². The maximum atomic E-state index is 11.1. The Morgan fingerprint density at radius 1 is 0.365 bits per heavy atom. The van der Waals surface area contributed by atoms with Gasteiger partial charge in [-0.3, -0.25) is 0 Å². The Kier molecular flexibility index (Phi) is 6.57. The van der Waals surface area contributed by atoms with Gasteiger partial charge < -0.3 is 22.4 Å². The molecule has 290 valence electrons. The van der Waals surface area contributed by atoms with Crippen molar-refractivity contribution in [3.8, 4) is 34.6 Å². The Balaban J connectivity index is 1.11. The van der Waals surface area contributed by atoms with Crippen molar-refractivity contribution in [3.63, 3.8) is 0 Å². The zero-order valence-corrected chi connectivity index (χ0v) is 33.2. The zero-order valence-electron chi connectivity index (χ0n) is 33.2. The summed E-state index contributed by atoms with van der Waals surface area (Å²) < 4.78 is 24.1. The summed E-state index contributed by atoms with van der Waals surface area (Å²) in [6.45, 7) is 0. The van der Waals surface area contributed by atoms with Crippen LogP contribution in [0.15, 0.2) is 183 Å². The summed E-state index contributed by atoms with van der Waals surface area (Å²) in [5.41, 5.74) is 12.5. The molecule has 0 unspecified atom stereocenters. The Hall–Kier alpha value is -9.04. The van der Waals surface area contributed by atoms with E-state index in [0.29, 0.717) is 22.5 Å². The molecular weight excluding hydrogens is 777 g/mol. The SMILES string of the molecule is N#Cc1cc(C#N)c(-n2c3ccc(-c4ccc5c(c4)oc4ccccc45)cc3c3c4oc5ccccc5c4ccc32)c(-n2c3ccccc3c3c4oc5ccccc5c4ccc32)c1. The second-order valence-electron chi connectivity index (χ2n) is 16.2. The number of para-hydroxylation sites is 4. The summed E-state index contributed by atoms with van der Waals surface area (Å²) in [4.78, 5) is 0. The molecule has 5 aromatic heterocycles. The van der Waals surface area contributed by atoms with Crippen LogP contribution >= 0.6 is 0 Å². The molecule has 0 spiro atoms. The van der Waals surface area contributed by atoms with Gasteiger partial charge in [0.25, 0.3) is 0 Å². The number of hydrogen-bond acceptors (Lipinski definition) is 5. The molecule has 63 heavy (non-hydrogen) atoms. The van der Waals surface area contributed by atoms with Crippen molar-refractivity contribution in [3.05, 3.63) is 181 Å². The molecule has 0 saturated heterocycles. The molecule has 0 aliphatic carbocycles. The molecule has 0 radical (unpaired) electrons. The van der Waals surface area contributed by atoms with Crippen molar-refractivity contribution in [2.75, 3.05) is 0 Å². The first-order valence-corrected chi connectivity index (χ1v) is 20.8. The van der Waals surface area contributed by atoms with Crippen LogP contribution in [0.2, 0.25) is 0 Å². The number of rotatable bonds is 3. The number of nitrogens with zero attached hydrogens (tertiary/aromatic N) is 4. The topological polar surface area (TPSA) is 96.9 Å². The van der Waals surface area contributed by atoms with Crippen molar-refractivity contribution in [1.82, 2.24) is 9.13 Å². The predicted octanol–water partition coefficient (Wildman–Crippen LogP) is 15.0. The van der Waals surface area contributed by atoms with E-state index >= 15 is 0 Å². The second-order valence-corrected chi connectivity index (χ2v) is 16.2.